The first-order valence-electron chi connectivity index (χ1n) is 7.06. The van der Waals surface area contributed by atoms with E-state index in [9.17, 15) is 13.0 Å². The van der Waals surface area contributed by atoms with Crippen LogP contribution >= 0.6 is 0 Å². The van der Waals surface area contributed by atoms with Crippen molar-refractivity contribution in [2.45, 2.75) is 71.6 Å². The molecule has 0 aromatic heterocycles. The maximum Gasteiger partial charge on any atom is 1.00 e. The summed E-state index contributed by atoms with van der Waals surface area (Å²) >= 11 is 0. The third-order valence-corrected chi connectivity index (χ3v) is 3.57. The van der Waals surface area contributed by atoms with Gasteiger partial charge in [-0.3, -0.25) is 4.18 Å². The molecular formula is C13H27NaO4S. The van der Waals surface area contributed by atoms with Crippen LogP contribution in [0.15, 0.2) is 0 Å². The molecule has 0 aliphatic rings. The Balaban J connectivity index is 0. The van der Waals surface area contributed by atoms with Gasteiger partial charge in [-0.05, 0) is 12.3 Å². The van der Waals surface area contributed by atoms with Crippen molar-refractivity contribution in [1.29, 1.82) is 0 Å². The normalized spacial score (nSPS) is 13.0. The second-order valence-corrected chi connectivity index (χ2v) is 6.09. The summed E-state index contributed by atoms with van der Waals surface area (Å²) in [5.74, 6) is 0.787. The van der Waals surface area contributed by atoms with E-state index < -0.39 is 10.4 Å². The van der Waals surface area contributed by atoms with Gasteiger partial charge in [0.05, 0.1) is 6.61 Å². The molecule has 0 aliphatic carbocycles. The van der Waals surface area contributed by atoms with Crippen molar-refractivity contribution < 1.29 is 46.7 Å². The van der Waals surface area contributed by atoms with E-state index >= 15 is 0 Å². The smallest absolute Gasteiger partial charge is 0.726 e. The SMILES string of the molecule is CCCCCC(C)CCCCCCOS(=O)(=O)[O-].[Na+]. The van der Waals surface area contributed by atoms with Crippen molar-refractivity contribution in [2.24, 2.45) is 5.92 Å². The summed E-state index contributed by atoms with van der Waals surface area (Å²) in [7, 11) is -4.49. The summed E-state index contributed by atoms with van der Waals surface area (Å²) < 4.78 is 34.6. The molecule has 0 N–H and O–H groups in total. The predicted octanol–water partition coefficient (Wildman–Crippen LogP) is 0.634. The van der Waals surface area contributed by atoms with Crippen molar-refractivity contribution in [3.05, 3.63) is 0 Å². The molecule has 0 aromatic carbocycles. The van der Waals surface area contributed by atoms with E-state index in [1.807, 2.05) is 0 Å². The third kappa shape index (κ3) is 18.9. The molecule has 0 amide bonds. The standard InChI is InChI=1S/C13H28O4S.Na/c1-3-4-7-10-13(2)11-8-5-6-9-12-17-18(14,15)16;/h13H,3-12H2,1-2H3,(H,14,15,16);/q;+1/p-1. The molecule has 4 nitrogen and oxygen atoms in total. The van der Waals surface area contributed by atoms with E-state index in [-0.39, 0.29) is 36.2 Å². The van der Waals surface area contributed by atoms with Crippen LogP contribution in [0.2, 0.25) is 0 Å². The van der Waals surface area contributed by atoms with Gasteiger partial charge in [-0.15, -0.1) is 0 Å². The molecule has 0 heterocycles. The second kappa shape index (κ2) is 13.8. The number of unbranched alkanes of at least 4 members (excludes halogenated alkanes) is 5. The van der Waals surface area contributed by atoms with Gasteiger partial charge in [-0.2, -0.15) is 0 Å². The van der Waals surface area contributed by atoms with E-state index in [0.29, 0.717) is 6.42 Å². The van der Waals surface area contributed by atoms with Gasteiger partial charge in [-0.1, -0.05) is 65.2 Å². The average molecular weight is 302 g/mol. The van der Waals surface area contributed by atoms with Crippen molar-refractivity contribution in [2.75, 3.05) is 6.61 Å². The fourth-order valence-corrected chi connectivity index (χ4v) is 2.32. The molecular weight excluding hydrogens is 275 g/mol. The van der Waals surface area contributed by atoms with E-state index in [1.165, 1.54) is 38.5 Å². The van der Waals surface area contributed by atoms with Crippen LogP contribution < -0.4 is 29.6 Å². The summed E-state index contributed by atoms with van der Waals surface area (Å²) in [6.07, 6.45) is 10.3. The Labute approximate surface area is 140 Å². The van der Waals surface area contributed by atoms with Gasteiger partial charge in [0.15, 0.2) is 0 Å². The quantitative estimate of drug-likeness (QED) is 0.230. The fraction of sp³-hybridized carbons (Fsp3) is 1.00. The van der Waals surface area contributed by atoms with Gasteiger partial charge < -0.3 is 4.55 Å². The largest absolute Gasteiger partial charge is 1.00 e. The molecule has 0 saturated heterocycles. The Morgan fingerprint density at radius 1 is 1.00 bits per heavy atom. The molecule has 1 atom stereocenters. The van der Waals surface area contributed by atoms with Gasteiger partial charge in [-0.25, -0.2) is 8.42 Å². The predicted molar refractivity (Wildman–Crippen MR) is 72.0 cm³/mol. The minimum absolute atomic E-state index is 0. The molecule has 1 unspecified atom stereocenters. The van der Waals surface area contributed by atoms with Gasteiger partial charge >= 0.3 is 29.6 Å². The number of rotatable bonds is 12. The van der Waals surface area contributed by atoms with Crippen molar-refractivity contribution in [1.82, 2.24) is 0 Å². The molecule has 19 heavy (non-hydrogen) atoms. The van der Waals surface area contributed by atoms with E-state index in [4.69, 9.17) is 0 Å². The zero-order valence-electron chi connectivity index (χ0n) is 12.7. The van der Waals surface area contributed by atoms with Crippen LogP contribution in [-0.4, -0.2) is 19.6 Å². The van der Waals surface area contributed by atoms with Crippen LogP contribution in [0.1, 0.15) is 71.6 Å². The number of hydrogen-bond donors (Lipinski definition) is 0. The summed E-state index contributed by atoms with van der Waals surface area (Å²) in [5.41, 5.74) is 0. The molecule has 0 aliphatic heterocycles. The molecule has 0 spiro atoms. The van der Waals surface area contributed by atoms with Gasteiger partial charge in [0.25, 0.3) is 0 Å². The van der Waals surface area contributed by atoms with Gasteiger partial charge in [0.1, 0.15) is 0 Å². The molecule has 0 bridgehead atoms. The molecule has 0 radical (unpaired) electrons. The second-order valence-electron chi connectivity index (χ2n) is 5.03. The van der Waals surface area contributed by atoms with Crippen molar-refractivity contribution in [3.8, 4) is 0 Å². The summed E-state index contributed by atoms with van der Waals surface area (Å²) in [4.78, 5) is 0. The topological polar surface area (TPSA) is 66.4 Å². The monoisotopic (exact) mass is 302 g/mol. The van der Waals surface area contributed by atoms with Crippen LogP contribution in [0.4, 0.5) is 0 Å². The molecule has 6 heteroatoms. The van der Waals surface area contributed by atoms with Crippen LogP contribution in [0.3, 0.4) is 0 Å². The Kier molecular flexibility index (Phi) is 16.1. The van der Waals surface area contributed by atoms with E-state index in [2.05, 4.69) is 18.0 Å². The molecule has 0 aromatic rings. The maximum absolute atomic E-state index is 10.2. The van der Waals surface area contributed by atoms with E-state index in [1.54, 1.807) is 0 Å². The van der Waals surface area contributed by atoms with Crippen LogP contribution in [0.25, 0.3) is 0 Å². The zero-order chi connectivity index (χ0) is 13.9. The van der Waals surface area contributed by atoms with Crippen molar-refractivity contribution >= 4 is 10.4 Å². The minimum atomic E-state index is -4.49. The number of hydrogen-bond acceptors (Lipinski definition) is 4. The van der Waals surface area contributed by atoms with E-state index in [0.717, 1.165) is 18.8 Å². The Morgan fingerprint density at radius 3 is 2.05 bits per heavy atom. The van der Waals surface area contributed by atoms with Crippen LogP contribution in [-0.2, 0) is 14.6 Å². The summed E-state index contributed by atoms with van der Waals surface area (Å²) in [6.45, 7) is 4.54. The van der Waals surface area contributed by atoms with Crippen LogP contribution in [0, 0.1) is 5.92 Å². The first-order valence-corrected chi connectivity index (χ1v) is 8.39. The van der Waals surface area contributed by atoms with Crippen molar-refractivity contribution in [3.63, 3.8) is 0 Å². The van der Waals surface area contributed by atoms with Crippen LogP contribution in [0.5, 0.6) is 0 Å². The molecule has 0 fully saturated rings. The fourth-order valence-electron chi connectivity index (χ4n) is 2.00. The molecule has 0 saturated carbocycles. The summed E-state index contributed by atoms with van der Waals surface area (Å²) in [5, 5.41) is 0. The first kappa shape index (κ1) is 22.2. The average Bonchev–Trinajstić information content (AvgIpc) is 2.26. The minimum Gasteiger partial charge on any atom is -0.726 e. The Hall–Kier alpha value is 0.870. The Bertz CT molecular complexity index is 280. The molecule has 110 valence electrons. The molecule has 0 rings (SSSR count). The third-order valence-electron chi connectivity index (χ3n) is 3.12. The summed E-state index contributed by atoms with van der Waals surface area (Å²) in [6, 6.07) is 0. The Morgan fingerprint density at radius 2 is 1.53 bits per heavy atom. The maximum atomic E-state index is 10.2. The zero-order valence-corrected chi connectivity index (χ0v) is 15.5. The van der Waals surface area contributed by atoms with Gasteiger partial charge in [0.2, 0.25) is 10.4 Å². The van der Waals surface area contributed by atoms with Gasteiger partial charge in [0, 0.05) is 0 Å². The first-order chi connectivity index (χ1) is 8.45.